The van der Waals surface area contributed by atoms with Crippen molar-refractivity contribution in [3.63, 3.8) is 0 Å². The fourth-order valence-corrected chi connectivity index (χ4v) is 3.24. The molecule has 0 heterocycles. The van der Waals surface area contributed by atoms with E-state index in [0.717, 1.165) is 18.2 Å². The van der Waals surface area contributed by atoms with Crippen LogP contribution in [0.4, 0.5) is 30.7 Å². The van der Waals surface area contributed by atoms with Gasteiger partial charge < -0.3 is 23.7 Å². The van der Waals surface area contributed by atoms with Gasteiger partial charge in [-0.1, -0.05) is 18.7 Å². The predicted octanol–water partition coefficient (Wildman–Crippen LogP) is 6.37. The van der Waals surface area contributed by atoms with Crippen LogP contribution in [0.25, 0.3) is 6.08 Å². The lowest BCUT2D eigenvalue weighted by atomic mass is 10.1. The number of hydrogen-bond donors (Lipinski definition) is 0. The van der Waals surface area contributed by atoms with E-state index in [-0.39, 0.29) is 17.9 Å². The van der Waals surface area contributed by atoms with Gasteiger partial charge in [-0.15, -0.1) is 13.2 Å². The van der Waals surface area contributed by atoms with Gasteiger partial charge in [0.15, 0.2) is 0 Å². The molecule has 0 saturated carbocycles. The van der Waals surface area contributed by atoms with Crippen molar-refractivity contribution in [2.24, 2.45) is 0 Å². The minimum Gasteiger partial charge on any atom is -0.423 e. The van der Waals surface area contributed by atoms with E-state index in [4.69, 9.17) is 9.47 Å². The molecule has 0 aromatic heterocycles. The van der Waals surface area contributed by atoms with Crippen LogP contribution in [0.15, 0.2) is 73.1 Å². The van der Waals surface area contributed by atoms with Crippen LogP contribution in [-0.4, -0.2) is 36.5 Å². The zero-order valence-corrected chi connectivity index (χ0v) is 22.5. The highest BCUT2D eigenvalue weighted by atomic mass is 19.4. The molecule has 9 nitrogen and oxygen atoms in total. The Morgan fingerprint density at radius 3 is 1.89 bits per heavy atom. The average molecular weight is 642 g/mol. The molecule has 0 bridgehead atoms. The quantitative estimate of drug-likeness (QED) is 0.0819. The van der Waals surface area contributed by atoms with E-state index in [1.807, 2.05) is 0 Å². The highest BCUT2D eigenvalue weighted by Gasteiger charge is 2.32. The molecule has 45 heavy (non-hydrogen) atoms. The first kappa shape index (κ1) is 33.8. The molecule has 1 atom stereocenters. The van der Waals surface area contributed by atoms with Crippen molar-refractivity contribution in [2.75, 3.05) is 0 Å². The minimum atomic E-state index is -5.25. The summed E-state index contributed by atoms with van der Waals surface area (Å²) in [5.74, 6) is -13.4. The lowest BCUT2D eigenvalue weighted by molar-refractivity contribution is -0.274. The molecule has 0 aliphatic carbocycles. The molecule has 16 heteroatoms. The van der Waals surface area contributed by atoms with E-state index in [0.29, 0.717) is 11.6 Å². The maximum atomic E-state index is 14.6. The topological polar surface area (TPSA) is 114 Å². The predicted molar refractivity (Wildman–Crippen MR) is 137 cm³/mol. The second-order valence-electron chi connectivity index (χ2n) is 8.45. The summed E-state index contributed by atoms with van der Waals surface area (Å²) < 4.78 is 115. The van der Waals surface area contributed by atoms with E-state index < -0.39 is 82.4 Å². The molecule has 0 amide bonds. The first-order valence-electron chi connectivity index (χ1n) is 12.0. The average Bonchev–Trinajstić information content (AvgIpc) is 2.91. The van der Waals surface area contributed by atoms with E-state index in [2.05, 4.69) is 20.8 Å². The fraction of sp³-hybridized carbons (Fsp3) is 0.103. The minimum absolute atomic E-state index is 0.0643. The number of esters is 4. The zero-order valence-electron chi connectivity index (χ0n) is 22.5. The van der Waals surface area contributed by atoms with Crippen molar-refractivity contribution >= 4 is 30.0 Å². The molecule has 3 aromatic rings. The summed E-state index contributed by atoms with van der Waals surface area (Å²) in [6.45, 7) is 3.91. The second-order valence-corrected chi connectivity index (χ2v) is 8.45. The van der Waals surface area contributed by atoms with E-state index >= 15 is 0 Å². The molecule has 3 rings (SSSR count). The number of carbonyl (C=O) groups is 4. The Bertz CT molecular complexity index is 1640. The first-order valence-corrected chi connectivity index (χ1v) is 12.0. The molecular formula is C29H17F7O9. The van der Waals surface area contributed by atoms with Crippen LogP contribution >= 0.6 is 0 Å². The van der Waals surface area contributed by atoms with Gasteiger partial charge in [-0.3, -0.25) is 0 Å². The number of benzene rings is 3. The van der Waals surface area contributed by atoms with Gasteiger partial charge >= 0.3 is 30.2 Å². The summed E-state index contributed by atoms with van der Waals surface area (Å²) >= 11 is 0. The van der Waals surface area contributed by atoms with Crippen LogP contribution in [0, 0.1) is 17.5 Å². The molecular weight excluding hydrogens is 625 g/mol. The monoisotopic (exact) mass is 642 g/mol. The van der Waals surface area contributed by atoms with Crippen LogP contribution in [0.5, 0.6) is 17.2 Å². The summed E-state index contributed by atoms with van der Waals surface area (Å²) in [5.41, 5.74) is -1.62. The molecule has 0 aliphatic heterocycles. The molecule has 1 unspecified atom stereocenters. The third kappa shape index (κ3) is 9.94. The Labute approximate surface area is 248 Å². The first-order chi connectivity index (χ1) is 21.0. The second kappa shape index (κ2) is 14.2. The summed E-state index contributed by atoms with van der Waals surface area (Å²) in [5, 5.41) is 0. The number of carbonyl (C=O) groups excluding carboxylic acids is 4. The normalized spacial score (nSPS) is 11.8. The molecule has 0 saturated heterocycles. The van der Waals surface area contributed by atoms with Gasteiger partial charge in [-0.05, 0) is 35.9 Å². The van der Waals surface area contributed by atoms with Crippen LogP contribution < -0.4 is 14.2 Å². The molecule has 0 aliphatic rings. The summed E-state index contributed by atoms with van der Waals surface area (Å²) in [6.07, 6.45) is -4.42. The van der Waals surface area contributed by atoms with Crippen molar-refractivity contribution in [1.82, 2.24) is 0 Å². The molecule has 0 spiro atoms. The molecule has 0 fully saturated rings. The highest BCUT2D eigenvalue weighted by molar-refractivity contribution is 5.93. The Balaban J connectivity index is 1.60. The number of hydrogen-bond acceptors (Lipinski definition) is 9. The lowest BCUT2D eigenvalue weighted by Crippen LogP contribution is -2.20. The van der Waals surface area contributed by atoms with Gasteiger partial charge in [0.25, 0.3) is 0 Å². The number of halogens is 7. The standard InChI is InChI=1S/C29H17F7O9/c1-14(30)26(38)42-15(2)41-24(37)10-5-16-3-6-17(7-4-16)43-27(39)20-9-8-18(11-21(20)31)44-28(40)25-22(32)12-19(13-23(25)33)45-29(34,35)36/h3-13,15H,1H2,2H3/b10-5+. The van der Waals surface area contributed by atoms with E-state index in [9.17, 15) is 49.9 Å². The maximum Gasteiger partial charge on any atom is 0.573 e. The third-order valence-electron chi connectivity index (χ3n) is 5.10. The molecule has 236 valence electrons. The SMILES string of the molecule is C=C(F)C(=O)OC(C)OC(=O)/C=C/c1ccc(OC(=O)c2ccc(OC(=O)c3c(F)cc(OC(F)(F)F)cc3F)cc2F)cc1. The van der Waals surface area contributed by atoms with Gasteiger partial charge in [0.2, 0.25) is 12.1 Å². The van der Waals surface area contributed by atoms with Crippen molar-refractivity contribution in [2.45, 2.75) is 19.6 Å². The third-order valence-corrected chi connectivity index (χ3v) is 5.10. The van der Waals surface area contributed by atoms with Crippen LogP contribution in [0.1, 0.15) is 33.2 Å². The fourth-order valence-electron chi connectivity index (χ4n) is 3.24. The van der Waals surface area contributed by atoms with E-state index in [1.54, 1.807) is 0 Å². The van der Waals surface area contributed by atoms with Crippen molar-refractivity contribution < 1.29 is 73.6 Å². The Kier molecular flexibility index (Phi) is 10.7. The van der Waals surface area contributed by atoms with Gasteiger partial charge in [0.05, 0.1) is 5.56 Å². The molecule has 3 aromatic carbocycles. The van der Waals surface area contributed by atoms with Crippen LogP contribution in [-0.2, 0) is 19.1 Å². The van der Waals surface area contributed by atoms with Gasteiger partial charge in [-0.25, -0.2) is 32.3 Å². The zero-order chi connectivity index (χ0) is 33.5. The van der Waals surface area contributed by atoms with Crippen LogP contribution in [0.2, 0.25) is 0 Å². The Morgan fingerprint density at radius 2 is 1.33 bits per heavy atom. The van der Waals surface area contributed by atoms with E-state index in [1.165, 1.54) is 37.3 Å². The number of rotatable bonds is 10. The summed E-state index contributed by atoms with van der Waals surface area (Å²) in [4.78, 5) is 47.5. The summed E-state index contributed by atoms with van der Waals surface area (Å²) in [6, 6.07) is 7.78. The molecule has 0 radical (unpaired) electrons. The maximum absolute atomic E-state index is 14.6. The Hall–Kier alpha value is -5.67. The lowest BCUT2D eigenvalue weighted by Gasteiger charge is -2.11. The largest absolute Gasteiger partial charge is 0.573 e. The summed E-state index contributed by atoms with van der Waals surface area (Å²) in [7, 11) is 0. The smallest absolute Gasteiger partial charge is 0.423 e. The Morgan fingerprint density at radius 1 is 0.778 bits per heavy atom. The highest BCUT2D eigenvalue weighted by Crippen LogP contribution is 2.28. The van der Waals surface area contributed by atoms with Gasteiger partial charge in [-0.2, -0.15) is 4.39 Å². The van der Waals surface area contributed by atoms with Crippen molar-refractivity contribution in [3.8, 4) is 17.2 Å². The number of alkyl halides is 3. The van der Waals surface area contributed by atoms with Crippen LogP contribution in [0.3, 0.4) is 0 Å². The number of ether oxygens (including phenoxy) is 5. The van der Waals surface area contributed by atoms with Gasteiger partial charge in [0.1, 0.15) is 40.3 Å². The van der Waals surface area contributed by atoms with Gasteiger partial charge in [0, 0.05) is 31.2 Å². The van der Waals surface area contributed by atoms with Crippen molar-refractivity contribution in [1.29, 1.82) is 0 Å². The molecule has 0 N–H and O–H groups in total. The van der Waals surface area contributed by atoms with Crippen molar-refractivity contribution in [3.05, 3.63) is 107 Å².